The van der Waals surface area contributed by atoms with Gasteiger partial charge in [-0.05, 0) is 99.3 Å². The molecule has 1 fully saturated rings. The van der Waals surface area contributed by atoms with E-state index in [1.807, 2.05) is 72.8 Å². The van der Waals surface area contributed by atoms with Crippen LogP contribution >= 0.6 is 0 Å². The molecule has 9 nitrogen and oxygen atoms in total. The summed E-state index contributed by atoms with van der Waals surface area (Å²) in [5.74, 6) is -0.532. The summed E-state index contributed by atoms with van der Waals surface area (Å²) < 4.78 is 46.8. The molecule has 0 unspecified atom stereocenters. The number of hydrogen-bond acceptors (Lipinski definition) is 9. The Bertz CT molecular complexity index is 2220. The van der Waals surface area contributed by atoms with Crippen molar-refractivity contribution in [2.45, 2.75) is 270 Å². The highest BCUT2D eigenvalue weighted by atomic mass is 16.6. The van der Waals surface area contributed by atoms with Gasteiger partial charge in [0.1, 0.15) is 37.1 Å². The van der Waals surface area contributed by atoms with Gasteiger partial charge in [0.25, 0.3) is 0 Å². The normalized spacial score (nSPS) is 17.5. The van der Waals surface area contributed by atoms with Gasteiger partial charge < -0.3 is 33.2 Å². The molecule has 0 N–H and O–H groups in total. The minimum Gasteiger partial charge on any atom is -0.462 e. The summed E-state index contributed by atoms with van der Waals surface area (Å²) in [6.45, 7) is 6.13. The fourth-order valence-electron chi connectivity index (χ4n) is 10.8. The zero-order valence-electron chi connectivity index (χ0n) is 51.5. The molecule has 0 bridgehead atoms. The van der Waals surface area contributed by atoms with Crippen LogP contribution in [0, 0.1) is 0 Å². The predicted octanol–water partition coefficient (Wildman–Crippen LogP) is 19.0. The molecule has 4 aromatic rings. The molecule has 4 aromatic carbocycles. The minimum absolute atomic E-state index is 0.0232. The first-order valence-electron chi connectivity index (χ1n) is 32.9. The average molecular weight is 1140 g/mol. The van der Waals surface area contributed by atoms with Crippen LogP contribution in [-0.4, -0.2) is 61.8 Å². The Morgan fingerprint density at radius 3 is 1.22 bits per heavy atom. The molecule has 83 heavy (non-hydrogen) atoms. The molecule has 6 atom stereocenters. The van der Waals surface area contributed by atoms with Gasteiger partial charge in [0.05, 0.1) is 39.1 Å². The zero-order chi connectivity index (χ0) is 58.3. The van der Waals surface area contributed by atoms with Crippen LogP contribution in [0.1, 0.15) is 229 Å². The Balaban J connectivity index is 1.24. The second kappa shape index (κ2) is 46.4. The van der Waals surface area contributed by atoms with Gasteiger partial charge in [-0.15, -0.1) is 0 Å². The SMILES string of the molecule is CCCCCCCC/C=C\CCCCCCCC(=O)OC[C@H](CC[C@@H]1O[C@H](COCc2ccccc2)[C@H](OCc2ccccc2)[C@H](OCc2ccccc2)[C@H]1OCc1ccccc1)OC(=O)CCCCCCC/C=C\CCCCCCCC. The van der Waals surface area contributed by atoms with Gasteiger partial charge in [-0.3, -0.25) is 9.59 Å². The van der Waals surface area contributed by atoms with E-state index >= 15 is 0 Å². The minimum atomic E-state index is -0.675. The maximum absolute atomic E-state index is 13.7. The Kier molecular flexibility index (Phi) is 38.5. The summed E-state index contributed by atoms with van der Waals surface area (Å²) in [4.78, 5) is 27.1. The van der Waals surface area contributed by atoms with Crippen LogP contribution in [0.3, 0.4) is 0 Å². The van der Waals surface area contributed by atoms with Gasteiger partial charge in [0, 0.05) is 12.8 Å². The smallest absolute Gasteiger partial charge is 0.306 e. The van der Waals surface area contributed by atoms with Gasteiger partial charge in [-0.2, -0.15) is 0 Å². The zero-order valence-corrected chi connectivity index (χ0v) is 51.5. The molecule has 0 saturated carbocycles. The lowest BCUT2D eigenvalue weighted by atomic mass is 9.91. The van der Waals surface area contributed by atoms with Gasteiger partial charge in [-0.25, -0.2) is 0 Å². The van der Waals surface area contributed by atoms with E-state index in [2.05, 4.69) is 86.7 Å². The lowest BCUT2D eigenvalue weighted by Gasteiger charge is -2.46. The van der Waals surface area contributed by atoms with Crippen LogP contribution in [-0.2, 0) is 69.2 Å². The molecule has 458 valence electrons. The molecular weight excluding hydrogens is 1030 g/mol. The summed E-state index contributed by atoms with van der Waals surface area (Å²) in [5.41, 5.74) is 4.13. The maximum atomic E-state index is 13.7. The number of carbonyl (C=O) groups is 2. The van der Waals surface area contributed by atoms with Crippen molar-refractivity contribution in [1.29, 1.82) is 0 Å². The van der Waals surface area contributed by atoms with Crippen molar-refractivity contribution in [2.75, 3.05) is 13.2 Å². The molecule has 1 saturated heterocycles. The third-order valence-corrected chi connectivity index (χ3v) is 15.8. The summed E-state index contributed by atoms with van der Waals surface area (Å²) >= 11 is 0. The van der Waals surface area contributed by atoms with Crippen LogP contribution in [0.2, 0.25) is 0 Å². The summed E-state index contributed by atoms with van der Waals surface area (Å²) in [7, 11) is 0. The number of unbranched alkanes of at least 4 members (excludes halogenated alkanes) is 22. The molecule has 0 aromatic heterocycles. The third kappa shape index (κ3) is 32.3. The highest BCUT2D eigenvalue weighted by Crippen LogP contribution is 2.34. The van der Waals surface area contributed by atoms with Gasteiger partial charge >= 0.3 is 11.9 Å². The average Bonchev–Trinajstić information content (AvgIpc) is 3.55. The van der Waals surface area contributed by atoms with Crippen molar-refractivity contribution in [3.05, 3.63) is 168 Å². The molecule has 0 radical (unpaired) electrons. The van der Waals surface area contributed by atoms with E-state index in [1.54, 1.807) is 0 Å². The monoisotopic (exact) mass is 1140 g/mol. The first-order valence-corrected chi connectivity index (χ1v) is 32.9. The fourth-order valence-corrected chi connectivity index (χ4v) is 10.8. The van der Waals surface area contributed by atoms with Crippen LogP contribution in [0.25, 0.3) is 0 Å². The largest absolute Gasteiger partial charge is 0.462 e. The second-order valence-electron chi connectivity index (χ2n) is 23.0. The first kappa shape index (κ1) is 68.9. The third-order valence-electron chi connectivity index (χ3n) is 15.8. The van der Waals surface area contributed by atoms with Crippen molar-refractivity contribution < 1.29 is 42.7 Å². The van der Waals surface area contributed by atoms with Crippen LogP contribution in [0.15, 0.2) is 146 Å². The predicted molar refractivity (Wildman–Crippen MR) is 339 cm³/mol. The van der Waals surface area contributed by atoms with Crippen LogP contribution in [0.5, 0.6) is 0 Å². The Morgan fingerprint density at radius 1 is 0.422 bits per heavy atom. The highest BCUT2D eigenvalue weighted by molar-refractivity contribution is 5.70. The number of allylic oxidation sites excluding steroid dienone is 4. The number of esters is 2. The summed E-state index contributed by atoms with van der Waals surface area (Å²) in [6.07, 6.45) is 38.2. The highest BCUT2D eigenvalue weighted by Gasteiger charge is 2.48. The molecule has 1 aliphatic heterocycles. The van der Waals surface area contributed by atoms with Crippen molar-refractivity contribution in [3.63, 3.8) is 0 Å². The van der Waals surface area contributed by atoms with Crippen molar-refractivity contribution in [3.8, 4) is 0 Å². The van der Waals surface area contributed by atoms with Gasteiger partial charge in [-0.1, -0.05) is 262 Å². The maximum Gasteiger partial charge on any atom is 0.306 e. The number of carbonyl (C=O) groups excluding carboxylic acids is 2. The lowest BCUT2D eigenvalue weighted by molar-refractivity contribution is -0.274. The molecule has 9 heteroatoms. The van der Waals surface area contributed by atoms with E-state index in [1.165, 1.54) is 103 Å². The van der Waals surface area contributed by atoms with E-state index in [0.717, 1.165) is 86.5 Å². The second-order valence-corrected chi connectivity index (χ2v) is 23.0. The summed E-state index contributed by atoms with van der Waals surface area (Å²) in [5, 5.41) is 0. The van der Waals surface area contributed by atoms with Crippen molar-refractivity contribution in [1.82, 2.24) is 0 Å². The molecule has 0 amide bonds. The topological polar surface area (TPSA) is 98.8 Å². The van der Waals surface area contributed by atoms with Crippen molar-refractivity contribution >= 4 is 11.9 Å². The molecule has 1 aliphatic rings. The number of ether oxygens (including phenoxy) is 7. The standard InChI is InChI=1S/C74H108O9/c1-3-5-7-9-11-13-15-17-19-21-23-25-27-29-43-53-70(75)78-61-67(82-71(76)54-44-30-28-26-24-22-20-18-16-14-12-10-8-6-4-2)55-56-68-72(79-58-64-47-37-32-38-48-64)74(81-60-66-51-41-34-42-52-66)73(80-59-65-49-39-33-40-50-65)69(83-68)62-77-57-63-45-35-31-36-46-63/h17-20,31-42,45-52,67-69,72-74H,3-16,21-30,43-44,53-62H2,1-2H3/b19-17-,20-18-/t67-,68-,69+,72-,73-,74+/m0/s1. The van der Waals surface area contributed by atoms with Crippen LogP contribution in [0.4, 0.5) is 0 Å². The molecular formula is C74H108O9. The number of benzene rings is 4. The molecule has 1 heterocycles. The molecule has 0 spiro atoms. The van der Waals surface area contributed by atoms with Gasteiger partial charge in [0.2, 0.25) is 0 Å². The Hall–Kier alpha value is -4.90. The number of rotatable bonds is 49. The Morgan fingerprint density at radius 2 is 0.783 bits per heavy atom. The van der Waals surface area contributed by atoms with Gasteiger partial charge in [0.15, 0.2) is 0 Å². The quantitative estimate of drug-likeness (QED) is 0.0243. The van der Waals surface area contributed by atoms with Crippen molar-refractivity contribution in [2.24, 2.45) is 0 Å². The van der Waals surface area contributed by atoms with E-state index in [-0.39, 0.29) is 25.2 Å². The molecule has 0 aliphatic carbocycles. The number of hydrogen-bond donors (Lipinski definition) is 0. The molecule has 5 rings (SSSR count). The lowest BCUT2D eigenvalue weighted by Crippen LogP contribution is -2.61. The van der Waals surface area contributed by atoms with E-state index in [0.29, 0.717) is 52.1 Å². The van der Waals surface area contributed by atoms with E-state index in [9.17, 15) is 9.59 Å². The van der Waals surface area contributed by atoms with Crippen LogP contribution < -0.4 is 0 Å². The fraction of sp³-hybridized carbons (Fsp3) is 0.595. The van der Waals surface area contributed by atoms with E-state index < -0.39 is 36.6 Å². The Labute approximate surface area is 503 Å². The van der Waals surface area contributed by atoms with E-state index in [4.69, 9.17) is 33.2 Å². The summed E-state index contributed by atoms with van der Waals surface area (Å²) in [6, 6.07) is 40.6. The first-order chi connectivity index (χ1) is 41.0.